The highest BCUT2D eigenvalue weighted by Crippen LogP contribution is 2.34. The van der Waals surface area contributed by atoms with Crippen molar-refractivity contribution in [2.75, 3.05) is 0 Å². The van der Waals surface area contributed by atoms with E-state index in [9.17, 15) is 0 Å². The van der Waals surface area contributed by atoms with Gasteiger partial charge in [0.05, 0.1) is 0 Å². The van der Waals surface area contributed by atoms with E-state index in [1.807, 2.05) is 13.0 Å². The molecule has 1 aromatic carbocycles. The monoisotopic (exact) mass is 300 g/mol. The van der Waals surface area contributed by atoms with Gasteiger partial charge in [-0.25, -0.2) is 4.98 Å². The van der Waals surface area contributed by atoms with Crippen LogP contribution in [0.15, 0.2) is 36.5 Å². The third kappa shape index (κ3) is 3.79. The number of ether oxygens (including phenoxy) is 1. The van der Waals surface area contributed by atoms with Crippen LogP contribution in [0.2, 0.25) is 0 Å². The first-order chi connectivity index (χ1) is 9.77. The van der Waals surface area contributed by atoms with Crippen molar-refractivity contribution in [3.05, 3.63) is 53.2 Å². The van der Waals surface area contributed by atoms with Gasteiger partial charge in [0.1, 0.15) is 10.7 Å². The molecular weight excluding hydrogens is 280 g/mol. The normalized spacial score (nSPS) is 11.2. The maximum atomic E-state index is 5.98. The van der Waals surface area contributed by atoms with E-state index < -0.39 is 0 Å². The van der Waals surface area contributed by atoms with E-state index in [1.165, 1.54) is 0 Å². The third-order valence-electron chi connectivity index (χ3n) is 3.18. The molecule has 0 unspecified atom stereocenters. The summed E-state index contributed by atoms with van der Waals surface area (Å²) in [5, 5.41) is 0. The van der Waals surface area contributed by atoms with Crippen molar-refractivity contribution in [3.63, 3.8) is 0 Å². The Labute approximate surface area is 131 Å². The molecule has 4 heteroatoms. The van der Waals surface area contributed by atoms with Crippen LogP contribution in [0.5, 0.6) is 11.6 Å². The van der Waals surface area contributed by atoms with Gasteiger partial charge in [0.25, 0.3) is 0 Å². The number of hydrogen-bond acceptors (Lipinski definition) is 3. The van der Waals surface area contributed by atoms with Crippen molar-refractivity contribution >= 4 is 17.2 Å². The molecule has 0 atom stereocenters. The van der Waals surface area contributed by atoms with Gasteiger partial charge in [0, 0.05) is 23.4 Å². The topological polar surface area (TPSA) is 48.1 Å². The fourth-order valence-corrected chi connectivity index (χ4v) is 2.19. The Balaban J connectivity index is 2.41. The molecule has 1 aromatic heterocycles. The van der Waals surface area contributed by atoms with Gasteiger partial charge >= 0.3 is 0 Å². The number of nitrogens with two attached hydrogens (primary N) is 1. The molecule has 110 valence electrons. The predicted molar refractivity (Wildman–Crippen MR) is 90.1 cm³/mol. The molecule has 0 amide bonds. The first-order valence-corrected chi connectivity index (χ1v) is 7.23. The van der Waals surface area contributed by atoms with Crippen molar-refractivity contribution < 1.29 is 4.74 Å². The van der Waals surface area contributed by atoms with Gasteiger partial charge in [-0.15, -0.1) is 0 Å². The van der Waals surface area contributed by atoms with Crippen molar-refractivity contribution in [2.24, 2.45) is 5.73 Å². The first kappa shape index (κ1) is 15.4. The van der Waals surface area contributed by atoms with Crippen molar-refractivity contribution in [3.8, 4) is 11.6 Å². The standard InChI is InChI=1S/C17H20N2OS/c1-11-5-6-13(17(2,3)4)14(9-11)20-15-10-12(16(18)21)7-8-19-15/h5-10H,1-4H3,(H2,18,21). The summed E-state index contributed by atoms with van der Waals surface area (Å²) in [5.74, 6) is 1.31. The second-order valence-electron chi connectivity index (χ2n) is 6.10. The Morgan fingerprint density at radius 1 is 1.19 bits per heavy atom. The van der Waals surface area contributed by atoms with Gasteiger partial charge in [0.2, 0.25) is 5.88 Å². The summed E-state index contributed by atoms with van der Waals surface area (Å²) in [5.41, 5.74) is 8.66. The van der Waals surface area contributed by atoms with Gasteiger partial charge in [-0.3, -0.25) is 0 Å². The quantitative estimate of drug-likeness (QED) is 0.866. The highest BCUT2D eigenvalue weighted by molar-refractivity contribution is 7.80. The molecule has 0 aliphatic rings. The smallest absolute Gasteiger partial charge is 0.219 e. The SMILES string of the molecule is Cc1ccc(C(C)(C)C)c(Oc2cc(C(N)=S)ccn2)c1. The maximum absolute atomic E-state index is 5.98. The molecule has 0 bridgehead atoms. The third-order valence-corrected chi connectivity index (χ3v) is 3.41. The lowest BCUT2D eigenvalue weighted by Crippen LogP contribution is -2.13. The summed E-state index contributed by atoms with van der Waals surface area (Å²) in [6, 6.07) is 9.75. The molecule has 21 heavy (non-hydrogen) atoms. The summed E-state index contributed by atoms with van der Waals surface area (Å²) in [6.45, 7) is 8.51. The second kappa shape index (κ2) is 5.82. The van der Waals surface area contributed by atoms with Crippen LogP contribution in [0.1, 0.15) is 37.5 Å². The van der Waals surface area contributed by atoms with Crippen LogP contribution in [0, 0.1) is 6.92 Å². The first-order valence-electron chi connectivity index (χ1n) is 6.82. The molecule has 1 heterocycles. The average Bonchev–Trinajstić information content (AvgIpc) is 2.37. The number of thiocarbonyl (C=S) groups is 1. The molecule has 2 aromatic rings. The Morgan fingerprint density at radius 2 is 1.90 bits per heavy atom. The minimum absolute atomic E-state index is 0.0101. The van der Waals surface area contributed by atoms with E-state index in [4.69, 9.17) is 22.7 Å². The number of aryl methyl sites for hydroxylation is 1. The zero-order valence-corrected chi connectivity index (χ0v) is 13.6. The van der Waals surface area contributed by atoms with Crippen LogP contribution in [0.25, 0.3) is 0 Å². The Hall–Kier alpha value is -1.94. The molecule has 0 saturated heterocycles. The Bertz CT molecular complexity index is 675. The van der Waals surface area contributed by atoms with Crippen molar-refractivity contribution in [1.29, 1.82) is 0 Å². The number of rotatable bonds is 3. The lowest BCUT2D eigenvalue weighted by atomic mass is 9.86. The number of nitrogens with zero attached hydrogens (tertiary/aromatic N) is 1. The average molecular weight is 300 g/mol. The van der Waals surface area contributed by atoms with Gasteiger partial charge < -0.3 is 10.5 Å². The molecule has 0 spiro atoms. The van der Waals surface area contributed by atoms with Gasteiger partial charge in [-0.05, 0) is 30.0 Å². The molecule has 0 saturated carbocycles. The molecule has 2 rings (SSSR count). The second-order valence-corrected chi connectivity index (χ2v) is 6.54. The van der Waals surface area contributed by atoms with Crippen LogP contribution >= 0.6 is 12.2 Å². The fraction of sp³-hybridized carbons (Fsp3) is 0.294. The van der Waals surface area contributed by atoms with E-state index in [0.29, 0.717) is 10.9 Å². The van der Waals surface area contributed by atoms with Gasteiger partial charge in [-0.1, -0.05) is 45.1 Å². The molecular formula is C17H20N2OS. The van der Waals surface area contributed by atoms with Gasteiger partial charge in [-0.2, -0.15) is 0 Å². The summed E-state index contributed by atoms with van der Waals surface area (Å²) in [4.78, 5) is 4.57. The minimum atomic E-state index is -0.0101. The zero-order valence-electron chi connectivity index (χ0n) is 12.8. The van der Waals surface area contributed by atoms with E-state index in [1.54, 1.807) is 18.3 Å². The molecule has 0 aliphatic heterocycles. The van der Waals surface area contributed by atoms with E-state index in [2.05, 4.69) is 37.9 Å². The van der Waals surface area contributed by atoms with E-state index in [0.717, 1.165) is 22.4 Å². The number of pyridine rings is 1. The highest BCUT2D eigenvalue weighted by Gasteiger charge is 2.19. The van der Waals surface area contributed by atoms with Crippen LogP contribution in [-0.2, 0) is 5.41 Å². The Kier molecular flexibility index (Phi) is 4.28. The summed E-state index contributed by atoms with van der Waals surface area (Å²) >= 11 is 4.99. The largest absolute Gasteiger partial charge is 0.439 e. The maximum Gasteiger partial charge on any atom is 0.219 e. The number of benzene rings is 1. The van der Waals surface area contributed by atoms with Crippen LogP contribution in [0.4, 0.5) is 0 Å². The van der Waals surface area contributed by atoms with Crippen LogP contribution in [0.3, 0.4) is 0 Å². The van der Waals surface area contributed by atoms with Crippen LogP contribution in [-0.4, -0.2) is 9.97 Å². The summed E-state index contributed by atoms with van der Waals surface area (Å²) < 4.78 is 5.98. The molecule has 3 nitrogen and oxygen atoms in total. The Morgan fingerprint density at radius 3 is 2.52 bits per heavy atom. The summed E-state index contributed by atoms with van der Waals surface area (Å²) in [6.07, 6.45) is 1.65. The fourth-order valence-electron chi connectivity index (χ4n) is 2.06. The van der Waals surface area contributed by atoms with E-state index >= 15 is 0 Å². The van der Waals surface area contributed by atoms with Crippen molar-refractivity contribution in [2.45, 2.75) is 33.1 Å². The lowest BCUT2D eigenvalue weighted by molar-refractivity contribution is 0.439. The molecule has 0 radical (unpaired) electrons. The molecule has 0 aliphatic carbocycles. The molecule has 2 N–H and O–H groups in total. The lowest BCUT2D eigenvalue weighted by Gasteiger charge is -2.23. The number of hydrogen-bond donors (Lipinski definition) is 1. The zero-order chi connectivity index (χ0) is 15.6. The predicted octanol–water partition coefficient (Wildman–Crippen LogP) is 4.11. The summed E-state index contributed by atoms with van der Waals surface area (Å²) in [7, 11) is 0. The van der Waals surface area contributed by atoms with Crippen molar-refractivity contribution in [1.82, 2.24) is 4.98 Å². The number of aromatic nitrogens is 1. The minimum Gasteiger partial charge on any atom is -0.439 e. The highest BCUT2D eigenvalue weighted by atomic mass is 32.1. The molecule has 0 fully saturated rings. The van der Waals surface area contributed by atoms with Gasteiger partial charge in [0.15, 0.2) is 0 Å². The van der Waals surface area contributed by atoms with Crippen LogP contribution < -0.4 is 10.5 Å². The van der Waals surface area contributed by atoms with E-state index in [-0.39, 0.29) is 5.41 Å².